The fourth-order valence-electron chi connectivity index (χ4n) is 0.790. The summed E-state index contributed by atoms with van der Waals surface area (Å²) in [7, 11) is 0. The molecular weight excluding hydrogens is 136 g/mol. The first-order chi connectivity index (χ1) is 5.06. The van der Waals surface area contributed by atoms with E-state index in [2.05, 4.69) is 44.9 Å². The van der Waals surface area contributed by atoms with Crippen molar-refractivity contribution >= 4 is 0 Å². The maximum Gasteiger partial charge on any atom is 0.0916 e. The zero-order valence-electron chi connectivity index (χ0n) is 8.07. The first-order valence-electron chi connectivity index (χ1n) is 4.28. The summed E-state index contributed by atoms with van der Waals surface area (Å²) in [5.74, 6) is 0.925. The van der Waals surface area contributed by atoms with Gasteiger partial charge in [-0.05, 0) is 27.2 Å². The van der Waals surface area contributed by atoms with Crippen LogP contribution < -0.4 is 10.6 Å². The zero-order chi connectivity index (χ0) is 8.85. The normalized spacial score (nSPS) is 12.8. The minimum Gasteiger partial charge on any atom is -0.370 e. The molecule has 0 aliphatic carbocycles. The first kappa shape index (κ1) is 10.3. The molecule has 0 bridgehead atoms. The lowest BCUT2D eigenvalue weighted by molar-refractivity contribution is 0.535. The Bertz CT molecular complexity index is 119. The smallest absolute Gasteiger partial charge is 0.0916 e. The van der Waals surface area contributed by atoms with Gasteiger partial charge in [0.2, 0.25) is 0 Å². The molecule has 0 amide bonds. The Labute approximate surface area is 70.1 Å². The molecule has 66 valence electrons. The average molecular weight is 156 g/mol. The van der Waals surface area contributed by atoms with Crippen LogP contribution in [-0.4, -0.2) is 12.1 Å². The van der Waals surface area contributed by atoms with Gasteiger partial charge in [0.15, 0.2) is 0 Å². The summed E-state index contributed by atoms with van der Waals surface area (Å²) in [6.07, 6.45) is 1.12. The molecule has 1 unspecified atom stereocenters. The molecule has 0 aromatic rings. The maximum absolute atomic E-state index is 3.86. The lowest BCUT2D eigenvalue weighted by Gasteiger charge is -2.18. The Morgan fingerprint density at radius 1 is 1.27 bits per heavy atom. The van der Waals surface area contributed by atoms with E-state index in [1.807, 2.05) is 0 Å². The molecule has 0 aliphatic rings. The highest BCUT2D eigenvalue weighted by atomic mass is 15.1. The Kier molecular flexibility index (Phi) is 4.75. The van der Waals surface area contributed by atoms with Crippen LogP contribution in [0.4, 0.5) is 0 Å². The van der Waals surface area contributed by atoms with Gasteiger partial charge in [-0.2, -0.15) is 0 Å². The molecule has 0 saturated carbocycles. The van der Waals surface area contributed by atoms with E-state index >= 15 is 0 Å². The van der Waals surface area contributed by atoms with Gasteiger partial charge in [0.25, 0.3) is 0 Å². The predicted molar refractivity (Wildman–Crippen MR) is 50.3 cm³/mol. The molecule has 0 aliphatic heterocycles. The molecule has 11 heavy (non-hydrogen) atoms. The minimum absolute atomic E-state index is 0.457. The van der Waals surface area contributed by atoms with Crippen LogP contribution in [-0.2, 0) is 0 Å². The summed E-state index contributed by atoms with van der Waals surface area (Å²) < 4.78 is 0. The first-order valence-corrected chi connectivity index (χ1v) is 4.28. The molecule has 0 saturated heterocycles. The van der Waals surface area contributed by atoms with Gasteiger partial charge in [0.1, 0.15) is 0 Å². The average Bonchev–Trinajstić information content (AvgIpc) is 1.85. The van der Waals surface area contributed by atoms with Crippen LogP contribution in [0, 0.1) is 0 Å². The van der Waals surface area contributed by atoms with E-state index in [-0.39, 0.29) is 0 Å². The molecule has 2 N–H and O–H groups in total. The standard InChI is InChI=1S/C9H20N2/c1-6-8(4)11-9(5)10-7(2)3/h7-8,10-11H,5-6H2,1-4H3. The van der Waals surface area contributed by atoms with Crippen LogP contribution in [0.25, 0.3) is 0 Å². The monoisotopic (exact) mass is 156 g/mol. The summed E-state index contributed by atoms with van der Waals surface area (Å²) in [5.41, 5.74) is 0. The van der Waals surface area contributed by atoms with Gasteiger partial charge in [0.05, 0.1) is 5.82 Å². The van der Waals surface area contributed by atoms with Crippen LogP contribution in [0.2, 0.25) is 0 Å². The molecular formula is C9H20N2. The topological polar surface area (TPSA) is 24.1 Å². The Morgan fingerprint density at radius 3 is 2.18 bits per heavy atom. The lowest BCUT2D eigenvalue weighted by Crippen LogP contribution is -2.35. The van der Waals surface area contributed by atoms with Crippen LogP contribution in [0.3, 0.4) is 0 Å². The molecule has 1 atom stereocenters. The molecule has 0 aromatic carbocycles. The van der Waals surface area contributed by atoms with Crippen molar-refractivity contribution in [1.29, 1.82) is 0 Å². The molecule has 0 rings (SSSR count). The Hall–Kier alpha value is -0.660. The van der Waals surface area contributed by atoms with E-state index in [1.165, 1.54) is 0 Å². The van der Waals surface area contributed by atoms with Gasteiger partial charge >= 0.3 is 0 Å². The third kappa shape index (κ3) is 5.77. The van der Waals surface area contributed by atoms with Gasteiger partial charge < -0.3 is 10.6 Å². The fraction of sp³-hybridized carbons (Fsp3) is 0.778. The van der Waals surface area contributed by atoms with Crippen molar-refractivity contribution in [3.05, 3.63) is 12.4 Å². The lowest BCUT2D eigenvalue weighted by atomic mass is 10.2. The molecule has 0 aromatic heterocycles. The Balaban J connectivity index is 3.52. The number of nitrogens with one attached hydrogen (secondary N) is 2. The van der Waals surface area contributed by atoms with Crippen LogP contribution >= 0.6 is 0 Å². The van der Waals surface area contributed by atoms with Crippen LogP contribution in [0.5, 0.6) is 0 Å². The number of rotatable bonds is 5. The summed E-state index contributed by atoms with van der Waals surface area (Å²) in [4.78, 5) is 0. The molecule has 0 radical (unpaired) electrons. The van der Waals surface area contributed by atoms with Crippen LogP contribution in [0.15, 0.2) is 12.4 Å². The fourth-order valence-corrected chi connectivity index (χ4v) is 0.790. The highest BCUT2D eigenvalue weighted by molar-refractivity contribution is 4.90. The van der Waals surface area contributed by atoms with Crippen molar-refractivity contribution in [2.75, 3.05) is 0 Å². The minimum atomic E-state index is 0.457. The van der Waals surface area contributed by atoms with E-state index in [0.717, 1.165) is 12.2 Å². The van der Waals surface area contributed by atoms with Crippen molar-refractivity contribution < 1.29 is 0 Å². The predicted octanol–water partition coefficient (Wildman–Crippen LogP) is 1.84. The molecule has 2 nitrogen and oxygen atoms in total. The van der Waals surface area contributed by atoms with E-state index in [9.17, 15) is 0 Å². The van der Waals surface area contributed by atoms with Gasteiger partial charge in [-0.15, -0.1) is 0 Å². The van der Waals surface area contributed by atoms with Gasteiger partial charge in [0, 0.05) is 12.1 Å². The quantitative estimate of drug-likeness (QED) is 0.634. The summed E-state index contributed by atoms with van der Waals surface area (Å²) in [6, 6.07) is 0.966. The molecule has 0 fully saturated rings. The van der Waals surface area contributed by atoms with Crippen molar-refractivity contribution in [2.45, 2.75) is 46.2 Å². The van der Waals surface area contributed by atoms with Crippen molar-refractivity contribution in [1.82, 2.24) is 10.6 Å². The molecule has 2 heteroatoms. The SMILES string of the molecule is C=C(NC(C)C)NC(C)CC. The zero-order valence-corrected chi connectivity index (χ0v) is 8.07. The highest BCUT2D eigenvalue weighted by Gasteiger charge is 1.99. The number of hydrogen-bond acceptors (Lipinski definition) is 2. The van der Waals surface area contributed by atoms with Crippen molar-refractivity contribution in [3.8, 4) is 0 Å². The Morgan fingerprint density at radius 2 is 1.82 bits per heavy atom. The highest BCUT2D eigenvalue weighted by Crippen LogP contribution is 1.91. The maximum atomic E-state index is 3.86. The largest absolute Gasteiger partial charge is 0.370 e. The van der Waals surface area contributed by atoms with Crippen LogP contribution in [0.1, 0.15) is 34.1 Å². The molecule has 0 heterocycles. The summed E-state index contributed by atoms with van der Waals surface area (Å²) >= 11 is 0. The second-order valence-electron chi connectivity index (χ2n) is 3.23. The van der Waals surface area contributed by atoms with Gasteiger partial charge in [-0.1, -0.05) is 13.5 Å². The van der Waals surface area contributed by atoms with Gasteiger partial charge in [-0.25, -0.2) is 0 Å². The third-order valence-corrected chi connectivity index (χ3v) is 1.50. The molecule has 0 spiro atoms. The third-order valence-electron chi connectivity index (χ3n) is 1.50. The second kappa shape index (κ2) is 5.05. The number of hydrogen-bond donors (Lipinski definition) is 2. The van der Waals surface area contributed by atoms with Crippen molar-refractivity contribution in [3.63, 3.8) is 0 Å². The van der Waals surface area contributed by atoms with E-state index in [0.29, 0.717) is 12.1 Å². The summed E-state index contributed by atoms with van der Waals surface area (Å²) in [5, 5.41) is 6.46. The van der Waals surface area contributed by atoms with E-state index in [4.69, 9.17) is 0 Å². The van der Waals surface area contributed by atoms with E-state index in [1.54, 1.807) is 0 Å². The van der Waals surface area contributed by atoms with E-state index < -0.39 is 0 Å². The van der Waals surface area contributed by atoms with Gasteiger partial charge in [-0.3, -0.25) is 0 Å². The second-order valence-corrected chi connectivity index (χ2v) is 3.23. The van der Waals surface area contributed by atoms with Crippen molar-refractivity contribution in [2.24, 2.45) is 0 Å². The summed E-state index contributed by atoms with van der Waals surface area (Å²) in [6.45, 7) is 12.4.